The number of phenolic OH excluding ortho intramolecular Hbond substituents is 1. The number of rotatable bonds is 2. The van der Waals surface area contributed by atoms with Gasteiger partial charge < -0.3 is 20.1 Å². The van der Waals surface area contributed by atoms with Gasteiger partial charge in [0.1, 0.15) is 11.4 Å². The molecular formula is C19H28N2O4. The number of alkyl carbamates (subject to hydrolysis) is 1. The third-order valence-electron chi connectivity index (χ3n) is 4.44. The Labute approximate surface area is 149 Å². The van der Waals surface area contributed by atoms with E-state index in [9.17, 15) is 14.7 Å². The van der Waals surface area contributed by atoms with Crippen molar-refractivity contribution in [2.45, 2.75) is 59.1 Å². The second-order valence-corrected chi connectivity index (χ2v) is 7.62. The van der Waals surface area contributed by atoms with Gasteiger partial charge >= 0.3 is 6.09 Å². The molecule has 0 spiro atoms. The van der Waals surface area contributed by atoms with Crippen LogP contribution in [0, 0.1) is 13.8 Å². The molecule has 6 heteroatoms. The number of aryl methyl sites for hydroxylation is 1. The maximum Gasteiger partial charge on any atom is 0.407 e. The van der Waals surface area contributed by atoms with Crippen molar-refractivity contribution in [1.82, 2.24) is 10.2 Å². The first-order valence-corrected chi connectivity index (χ1v) is 8.66. The van der Waals surface area contributed by atoms with Gasteiger partial charge in [-0.1, -0.05) is 6.07 Å². The Morgan fingerprint density at radius 3 is 2.36 bits per heavy atom. The van der Waals surface area contributed by atoms with Crippen LogP contribution in [0.2, 0.25) is 0 Å². The lowest BCUT2D eigenvalue weighted by atomic mass is 10.0. The normalized spacial score (nSPS) is 15.8. The van der Waals surface area contributed by atoms with Crippen LogP contribution in [0.4, 0.5) is 4.79 Å². The molecule has 1 fully saturated rings. The molecule has 1 heterocycles. The lowest BCUT2D eigenvalue weighted by molar-refractivity contribution is 0.0473. The highest BCUT2D eigenvalue weighted by molar-refractivity contribution is 5.97. The minimum absolute atomic E-state index is 0.00718. The van der Waals surface area contributed by atoms with Crippen LogP contribution in [-0.2, 0) is 4.74 Å². The van der Waals surface area contributed by atoms with Gasteiger partial charge in [0, 0.05) is 19.1 Å². The maximum atomic E-state index is 12.7. The van der Waals surface area contributed by atoms with Crippen LogP contribution in [0.25, 0.3) is 0 Å². The fourth-order valence-electron chi connectivity index (χ4n) is 2.85. The number of piperidine rings is 1. The van der Waals surface area contributed by atoms with Crippen molar-refractivity contribution in [1.29, 1.82) is 0 Å². The standard InChI is InChI=1S/C19H28N2O4/c1-12-6-7-15(16(22)13(12)2)17(23)21-10-8-14(9-11-21)20-18(24)25-19(3,4)5/h6-7,14,22H,8-11H2,1-5H3,(H,20,24). The predicted octanol–water partition coefficient (Wildman–Crippen LogP) is 3.14. The molecule has 138 valence electrons. The van der Waals surface area contributed by atoms with Gasteiger partial charge in [-0.25, -0.2) is 4.79 Å². The molecule has 1 aromatic rings. The first kappa shape index (κ1) is 19.1. The van der Waals surface area contributed by atoms with E-state index in [1.165, 1.54) is 0 Å². The molecule has 1 aromatic carbocycles. The van der Waals surface area contributed by atoms with Crippen LogP contribution in [0.5, 0.6) is 5.75 Å². The summed E-state index contributed by atoms with van der Waals surface area (Å²) in [4.78, 5) is 26.2. The number of phenols is 1. The van der Waals surface area contributed by atoms with Crippen molar-refractivity contribution >= 4 is 12.0 Å². The van der Waals surface area contributed by atoms with Crippen molar-refractivity contribution in [3.8, 4) is 5.75 Å². The lowest BCUT2D eigenvalue weighted by Crippen LogP contribution is -2.47. The average molecular weight is 348 g/mol. The molecule has 1 saturated heterocycles. The molecule has 1 aliphatic heterocycles. The summed E-state index contributed by atoms with van der Waals surface area (Å²) < 4.78 is 5.26. The first-order valence-electron chi connectivity index (χ1n) is 8.66. The smallest absolute Gasteiger partial charge is 0.407 e. The zero-order valence-corrected chi connectivity index (χ0v) is 15.7. The number of aromatic hydroxyl groups is 1. The molecule has 1 aliphatic rings. The van der Waals surface area contributed by atoms with Crippen molar-refractivity contribution in [3.63, 3.8) is 0 Å². The molecule has 2 N–H and O–H groups in total. The Bertz CT molecular complexity index is 656. The van der Waals surface area contributed by atoms with Gasteiger partial charge in [0.25, 0.3) is 5.91 Å². The molecule has 2 rings (SSSR count). The Morgan fingerprint density at radius 1 is 1.20 bits per heavy atom. The second-order valence-electron chi connectivity index (χ2n) is 7.62. The van der Waals surface area contributed by atoms with E-state index >= 15 is 0 Å². The van der Waals surface area contributed by atoms with E-state index in [2.05, 4.69) is 5.32 Å². The largest absolute Gasteiger partial charge is 0.507 e. The van der Waals surface area contributed by atoms with Crippen LogP contribution in [0.1, 0.15) is 55.1 Å². The quantitative estimate of drug-likeness (QED) is 0.860. The monoisotopic (exact) mass is 348 g/mol. The average Bonchev–Trinajstić information content (AvgIpc) is 2.51. The van der Waals surface area contributed by atoms with Crippen LogP contribution >= 0.6 is 0 Å². The summed E-state index contributed by atoms with van der Waals surface area (Å²) in [6.45, 7) is 10.2. The third kappa shape index (κ3) is 4.87. The molecule has 25 heavy (non-hydrogen) atoms. The molecule has 0 unspecified atom stereocenters. The van der Waals surface area contributed by atoms with Gasteiger partial charge in [0.2, 0.25) is 0 Å². The lowest BCUT2D eigenvalue weighted by Gasteiger charge is -2.33. The molecule has 0 aromatic heterocycles. The molecule has 0 radical (unpaired) electrons. The van der Waals surface area contributed by atoms with Gasteiger partial charge in [-0.15, -0.1) is 0 Å². The zero-order chi connectivity index (χ0) is 18.8. The number of hydrogen-bond acceptors (Lipinski definition) is 4. The minimum atomic E-state index is -0.526. The molecular weight excluding hydrogens is 320 g/mol. The number of nitrogens with zero attached hydrogens (tertiary/aromatic N) is 1. The minimum Gasteiger partial charge on any atom is -0.507 e. The Balaban J connectivity index is 1.93. The van der Waals surface area contributed by atoms with Crippen molar-refractivity contribution in [2.75, 3.05) is 13.1 Å². The summed E-state index contributed by atoms with van der Waals surface area (Å²) in [6.07, 6.45) is 0.900. The highest BCUT2D eigenvalue weighted by Crippen LogP contribution is 2.27. The summed E-state index contributed by atoms with van der Waals surface area (Å²) in [6, 6.07) is 3.51. The molecule has 0 aliphatic carbocycles. The van der Waals surface area contributed by atoms with Gasteiger partial charge in [-0.05, 0) is 64.7 Å². The molecule has 6 nitrogen and oxygen atoms in total. The van der Waals surface area contributed by atoms with Gasteiger partial charge in [0.05, 0.1) is 5.56 Å². The number of ether oxygens (including phenoxy) is 1. The summed E-state index contributed by atoms with van der Waals surface area (Å²) >= 11 is 0. The van der Waals surface area contributed by atoms with Gasteiger partial charge in [-0.3, -0.25) is 4.79 Å². The van der Waals surface area contributed by atoms with Crippen LogP contribution in [0.15, 0.2) is 12.1 Å². The Hall–Kier alpha value is -2.24. The first-order chi connectivity index (χ1) is 11.6. The molecule has 0 atom stereocenters. The third-order valence-corrected chi connectivity index (χ3v) is 4.44. The molecule has 0 bridgehead atoms. The highest BCUT2D eigenvalue weighted by Gasteiger charge is 2.27. The fourth-order valence-corrected chi connectivity index (χ4v) is 2.85. The van der Waals surface area contributed by atoms with Crippen molar-refractivity contribution < 1.29 is 19.4 Å². The van der Waals surface area contributed by atoms with E-state index in [-0.39, 0.29) is 17.7 Å². The van der Waals surface area contributed by atoms with E-state index in [1.54, 1.807) is 17.9 Å². The van der Waals surface area contributed by atoms with Gasteiger partial charge in [0.15, 0.2) is 0 Å². The van der Waals surface area contributed by atoms with E-state index in [0.717, 1.165) is 11.1 Å². The number of likely N-dealkylation sites (tertiary alicyclic amines) is 1. The Kier molecular flexibility index (Phi) is 5.60. The number of amides is 2. The Morgan fingerprint density at radius 2 is 1.80 bits per heavy atom. The summed E-state index contributed by atoms with van der Waals surface area (Å²) in [5.74, 6) is -0.115. The SMILES string of the molecule is Cc1ccc(C(=O)N2CCC(NC(=O)OC(C)(C)C)CC2)c(O)c1C. The number of hydrogen-bond donors (Lipinski definition) is 2. The van der Waals surface area contributed by atoms with E-state index < -0.39 is 11.7 Å². The fraction of sp³-hybridized carbons (Fsp3) is 0.579. The topological polar surface area (TPSA) is 78.9 Å². The maximum absolute atomic E-state index is 12.7. The van der Waals surface area contributed by atoms with Crippen molar-refractivity contribution in [3.05, 3.63) is 28.8 Å². The number of carbonyl (C=O) groups excluding carboxylic acids is 2. The summed E-state index contributed by atoms with van der Waals surface area (Å²) in [5.41, 5.74) is 1.49. The number of benzene rings is 1. The van der Waals surface area contributed by atoms with Crippen molar-refractivity contribution in [2.24, 2.45) is 0 Å². The predicted molar refractivity (Wildman–Crippen MR) is 95.9 cm³/mol. The second kappa shape index (κ2) is 7.33. The van der Waals surface area contributed by atoms with E-state index in [0.29, 0.717) is 31.5 Å². The molecule has 2 amide bonds. The van der Waals surface area contributed by atoms with Crippen LogP contribution in [0.3, 0.4) is 0 Å². The number of carbonyl (C=O) groups is 2. The van der Waals surface area contributed by atoms with Gasteiger partial charge in [-0.2, -0.15) is 0 Å². The van der Waals surface area contributed by atoms with Crippen LogP contribution < -0.4 is 5.32 Å². The zero-order valence-electron chi connectivity index (χ0n) is 15.7. The summed E-state index contributed by atoms with van der Waals surface area (Å²) in [5, 5.41) is 13.1. The summed E-state index contributed by atoms with van der Waals surface area (Å²) in [7, 11) is 0. The van der Waals surface area contributed by atoms with Crippen LogP contribution in [-0.4, -0.2) is 46.7 Å². The van der Waals surface area contributed by atoms with E-state index in [1.807, 2.05) is 33.8 Å². The number of nitrogens with one attached hydrogen (secondary N) is 1. The highest BCUT2D eigenvalue weighted by atomic mass is 16.6. The molecule has 0 saturated carbocycles. The van der Waals surface area contributed by atoms with E-state index in [4.69, 9.17) is 4.74 Å².